The van der Waals surface area contributed by atoms with Crippen molar-refractivity contribution in [1.29, 1.82) is 0 Å². The van der Waals surface area contributed by atoms with Crippen molar-refractivity contribution >= 4 is 34.2 Å². The van der Waals surface area contributed by atoms with Crippen LogP contribution < -0.4 is 10.2 Å². The molecule has 0 bridgehead atoms. The smallest absolute Gasteiger partial charge is 0.223 e. The molecule has 1 saturated heterocycles. The maximum absolute atomic E-state index is 12.4. The zero-order chi connectivity index (χ0) is 17.2. The van der Waals surface area contributed by atoms with Gasteiger partial charge in [0.1, 0.15) is 0 Å². The average molecular weight is 354 g/mol. The monoisotopic (exact) mass is 354 g/mol. The predicted molar refractivity (Wildman–Crippen MR) is 102 cm³/mol. The summed E-state index contributed by atoms with van der Waals surface area (Å²) in [5, 5.41) is 5.10. The van der Waals surface area contributed by atoms with Gasteiger partial charge >= 0.3 is 0 Å². The minimum Gasteiger partial charge on any atom is -0.351 e. The number of aryl methyl sites for hydroxylation is 1. The van der Waals surface area contributed by atoms with Gasteiger partial charge in [-0.1, -0.05) is 12.1 Å². The number of amides is 1. The van der Waals surface area contributed by atoms with Crippen molar-refractivity contribution in [2.75, 3.05) is 18.0 Å². The highest BCUT2D eigenvalue weighted by Gasteiger charge is 2.26. The number of hydrogen-bond donors (Lipinski definition) is 2. The average Bonchev–Trinajstić information content (AvgIpc) is 3.29. The van der Waals surface area contributed by atoms with Crippen molar-refractivity contribution in [3.05, 3.63) is 46.2 Å². The van der Waals surface area contributed by atoms with E-state index in [0.29, 0.717) is 6.54 Å². The van der Waals surface area contributed by atoms with E-state index >= 15 is 0 Å². The van der Waals surface area contributed by atoms with Crippen LogP contribution in [0, 0.1) is 12.8 Å². The molecule has 6 heteroatoms. The second-order valence-electron chi connectivity index (χ2n) is 6.64. The highest BCUT2D eigenvalue weighted by atomic mass is 32.1. The van der Waals surface area contributed by atoms with Crippen LogP contribution in [0.3, 0.4) is 0 Å². The normalized spacial score (nSPS) is 15.6. The van der Waals surface area contributed by atoms with E-state index in [1.807, 2.05) is 11.4 Å². The van der Waals surface area contributed by atoms with Crippen molar-refractivity contribution in [3.63, 3.8) is 0 Å². The number of aromatic amines is 1. The van der Waals surface area contributed by atoms with Crippen LogP contribution in [0.4, 0.5) is 5.95 Å². The number of carbonyl (C=O) groups excluding carboxylic acids is 1. The number of thiophene rings is 1. The first kappa shape index (κ1) is 16.1. The Morgan fingerprint density at radius 1 is 1.36 bits per heavy atom. The number of fused-ring (bicyclic) bond motifs is 1. The number of benzene rings is 1. The van der Waals surface area contributed by atoms with E-state index < -0.39 is 0 Å². The number of rotatable bonds is 4. The Kier molecular flexibility index (Phi) is 4.44. The molecule has 0 unspecified atom stereocenters. The zero-order valence-electron chi connectivity index (χ0n) is 14.3. The molecule has 1 aliphatic heterocycles. The van der Waals surface area contributed by atoms with Crippen LogP contribution >= 0.6 is 11.3 Å². The number of nitrogens with one attached hydrogen (secondary N) is 2. The molecule has 1 fully saturated rings. The molecule has 0 radical (unpaired) electrons. The lowest BCUT2D eigenvalue weighted by molar-refractivity contribution is -0.125. The number of H-pyrrole nitrogens is 1. The Labute approximate surface area is 151 Å². The summed E-state index contributed by atoms with van der Waals surface area (Å²) in [5.41, 5.74) is 3.30. The first-order valence-electron chi connectivity index (χ1n) is 8.70. The summed E-state index contributed by atoms with van der Waals surface area (Å²) in [6, 6.07) is 10.3. The van der Waals surface area contributed by atoms with Crippen LogP contribution in [0.5, 0.6) is 0 Å². The number of aromatic nitrogens is 2. The minimum absolute atomic E-state index is 0.0998. The lowest BCUT2D eigenvalue weighted by Crippen LogP contribution is -2.40. The molecule has 1 aromatic carbocycles. The van der Waals surface area contributed by atoms with Crippen LogP contribution in [-0.4, -0.2) is 29.0 Å². The SMILES string of the molecule is Cc1ccc2nc(N3CCC(C(=O)NCc4cccs4)CC3)[nH]c2c1. The van der Waals surface area contributed by atoms with Crippen LogP contribution in [0.1, 0.15) is 23.3 Å². The highest BCUT2D eigenvalue weighted by molar-refractivity contribution is 7.09. The summed E-state index contributed by atoms with van der Waals surface area (Å²) >= 11 is 1.68. The Morgan fingerprint density at radius 3 is 2.96 bits per heavy atom. The maximum Gasteiger partial charge on any atom is 0.223 e. The molecule has 0 saturated carbocycles. The van der Waals surface area contributed by atoms with Crippen molar-refractivity contribution in [2.45, 2.75) is 26.3 Å². The number of hydrogen-bond acceptors (Lipinski definition) is 4. The number of piperidine rings is 1. The standard InChI is InChI=1S/C19H22N4OS/c1-13-4-5-16-17(11-13)22-19(21-16)23-8-6-14(7-9-23)18(24)20-12-15-3-2-10-25-15/h2-5,10-11,14H,6-9,12H2,1H3,(H,20,24)(H,21,22). The number of imidazole rings is 1. The van der Waals surface area contributed by atoms with Gasteiger partial charge in [0.05, 0.1) is 17.6 Å². The molecule has 1 aliphatic rings. The van der Waals surface area contributed by atoms with Crippen LogP contribution in [0.2, 0.25) is 0 Å². The molecule has 1 amide bonds. The minimum atomic E-state index is 0.0998. The van der Waals surface area contributed by atoms with E-state index in [0.717, 1.165) is 42.9 Å². The number of anilines is 1. The van der Waals surface area contributed by atoms with Crippen molar-refractivity contribution in [1.82, 2.24) is 15.3 Å². The first-order chi connectivity index (χ1) is 12.2. The largest absolute Gasteiger partial charge is 0.351 e. The first-order valence-corrected chi connectivity index (χ1v) is 9.58. The summed E-state index contributed by atoms with van der Waals surface area (Å²) in [6.45, 7) is 4.44. The van der Waals surface area contributed by atoms with Crippen LogP contribution in [0.15, 0.2) is 35.7 Å². The summed E-state index contributed by atoms with van der Waals surface area (Å²) < 4.78 is 0. The highest BCUT2D eigenvalue weighted by Crippen LogP contribution is 2.24. The fraction of sp³-hybridized carbons (Fsp3) is 0.368. The van der Waals surface area contributed by atoms with E-state index in [-0.39, 0.29) is 11.8 Å². The van der Waals surface area contributed by atoms with Crippen molar-refractivity contribution in [3.8, 4) is 0 Å². The van der Waals surface area contributed by atoms with Gasteiger partial charge in [-0.3, -0.25) is 4.79 Å². The van der Waals surface area contributed by atoms with Gasteiger partial charge in [0.2, 0.25) is 11.9 Å². The fourth-order valence-electron chi connectivity index (χ4n) is 3.34. The predicted octanol–water partition coefficient (Wildman–Crippen LogP) is 3.47. The molecule has 4 rings (SSSR count). The van der Waals surface area contributed by atoms with Crippen LogP contribution in [-0.2, 0) is 11.3 Å². The van der Waals surface area contributed by atoms with Crippen molar-refractivity contribution < 1.29 is 4.79 Å². The summed E-state index contributed by atoms with van der Waals surface area (Å²) in [7, 11) is 0. The van der Waals surface area contributed by atoms with Gasteiger partial charge in [-0.25, -0.2) is 4.98 Å². The van der Waals surface area contributed by atoms with Gasteiger partial charge < -0.3 is 15.2 Å². The van der Waals surface area contributed by atoms with Gasteiger partial charge in [-0.2, -0.15) is 0 Å². The molecule has 0 spiro atoms. The lowest BCUT2D eigenvalue weighted by Gasteiger charge is -2.31. The fourth-order valence-corrected chi connectivity index (χ4v) is 3.99. The number of carbonyl (C=O) groups is 1. The van der Waals surface area contributed by atoms with Gasteiger partial charge in [0.15, 0.2) is 0 Å². The van der Waals surface area contributed by atoms with Gasteiger partial charge in [0, 0.05) is 23.9 Å². The Morgan fingerprint density at radius 2 is 2.20 bits per heavy atom. The van der Waals surface area contributed by atoms with Crippen LogP contribution in [0.25, 0.3) is 11.0 Å². The Hall–Kier alpha value is -2.34. The molecule has 3 heterocycles. The number of nitrogens with zero attached hydrogens (tertiary/aromatic N) is 2. The molecule has 130 valence electrons. The van der Waals surface area contributed by atoms with Crippen molar-refractivity contribution in [2.24, 2.45) is 5.92 Å². The summed E-state index contributed by atoms with van der Waals surface area (Å²) in [4.78, 5) is 23.9. The molecule has 5 nitrogen and oxygen atoms in total. The summed E-state index contributed by atoms with van der Waals surface area (Å²) in [5.74, 6) is 1.19. The second kappa shape index (κ2) is 6.88. The van der Waals surface area contributed by atoms with Gasteiger partial charge in [-0.05, 0) is 48.9 Å². The third kappa shape index (κ3) is 3.54. The van der Waals surface area contributed by atoms with Gasteiger partial charge in [0.25, 0.3) is 0 Å². The second-order valence-corrected chi connectivity index (χ2v) is 7.67. The van der Waals surface area contributed by atoms with E-state index in [1.54, 1.807) is 11.3 Å². The molecule has 0 atom stereocenters. The third-order valence-electron chi connectivity index (χ3n) is 4.81. The topological polar surface area (TPSA) is 61.0 Å². The molecule has 25 heavy (non-hydrogen) atoms. The summed E-state index contributed by atoms with van der Waals surface area (Å²) in [6.07, 6.45) is 1.73. The molecule has 0 aliphatic carbocycles. The lowest BCUT2D eigenvalue weighted by atomic mass is 9.96. The third-order valence-corrected chi connectivity index (χ3v) is 5.68. The Balaban J connectivity index is 1.34. The molecule has 2 aromatic heterocycles. The molecule has 3 aromatic rings. The molecule has 2 N–H and O–H groups in total. The quantitative estimate of drug-likeness (QED) is 0.754. The van der Waals surface area contributed by atoms with E-state index in [4.69, 9.17) is 0 Å². The molecular formula is C19H22N4OS. The van der Waals surface area contributed by atoms with E-state index in [2.05, 4.69) is 51.4 Å². The van der Waals surface area contributed by atoms with E-state index in [1.165, 1.54) is 10.4 Å². The van der Waals surface area contributed by atoms with Gasteiger partial charge in [-0.15, -0.1) is 11.3 Å². The maximum atomic E-state index is 12.4. The Bertz CT molecular complexity index is 863. The molecular weight excluding hydrogens is 332 g/mol. The zero-order valence-corrected chi connectivity index (χ0v) is 15.1. The van der Waals surface area contributed by atoms with E-state index in [9.17, 15) is 4.79 Å².